The van der Waals surface area contributed by atoms with Crippen molar-refractivity contribution in [2.24, 2.45) is 5.92 Å². The minimum Gasteiger partial charge on any atom is -0.481 e. The SMILES string of the molecule is Cc1cc(N2C[C@@H](C)N(S(=O)(=O)c3cccc4c3CC(C(=O)O)C4)[C@@H](C)C2)ccc1Cl. The molecule has 1 fully saturated rings. The van der Waals surface area contributed by atoms with Crippen molar-refractivity contribution in [3.05, 3.63) is 58.1 Å². The van der Waals surface area contributed by atoms with Crippen LogP contribution in [0.25, 0.3) is 0 Å². The summed E-state index contributed by atoms with van der Waals surface area (Å²) in [6, 6.07) is 10.6. The van der Waals surface area contributed by atoms with Crippen LogP contribution in [0.1, 0.15) is 30.5 Å². The fourth-order valence-corrected chi connectivity index (χ4v) is 7.17. The molecule has 31 heavy (non-hydrogen) atoms. The molecule has 0 bridgehead atoms. The minimum absolute atomic E-state index is 0.239. The molecule has 0 aromatic heterocycles. The Morgan fingerprint density at radius 2 is 1.77 bits per heavy atom. The van der Waals surface area contributed by atoms with Crippen LogP contribution in [0.2, 0.25) is 5.02 Å². The van der Waals surface area contributed by atoms with Gasteiger partial charge in [-0.25, -0.2) is 8.42 Å². The van der Waals surface area contributed by atoms with Crippen LogP contribution in [0, 0.1) is 12.8 Å². The predicted molar refractivity (Wildman–Crippen MR) is 121 cm³/mol. The van der Waals surface area contributed by atoms with Crippen molar-refractivity contribution in [2.75, 3.05) is 18.0 Å². The molecule has 1 saturated heterocycles. The second-order valence-corrected chi connectivity index (χ2v) is 10.9. The molecule has 4 rings (SSSR count). The van der Waals surface area contributed by atoms with Gasteiger partial charge in [-0.2, -0.15) is 4.31 Å². The normalized spacial score (nSPS) is 24.3. The monoisotopic (exact) mass is 462 g/mol. The Morgan fingerprint density at radius 3 is 2.39 bits per heavy atom. The van der Waals surface area contributed by atoms with E-state index < -0.39 is 21.9 Å². The number of anilines is 1. The van der Waals surface area contributed by atoms with E-state index in [0.29, 0.717) is 30.1 Å². The highest BCUT2D eigenvalue weighted by atomic mass is 35.5. The largest absolute Gasteiger partial charge is 0.481 e. The number of fused-ring (bicyclic) bond motifs is 1. The number of aliphatic carboxylic acids is 1. The lowest BCUT2D eigenvalue weighted by molar-refractivity contribution is -0.141. The van der Waals surface area contributed by atoms with Gasteiger partial charge in [-0.3, -0.25) is 4.79 Å². The van der Waals surface area contributed by atoms with Gasteiger partial charge in [0.2, 0.25) is 10.0 Å². The zero-order valence-corrected chi connectivity index (χ0v) is 19.4. The molecule has 3 atom stereocenters. The third-order valence-corrected chi connectivity index (χ3v) is 9.03. The summed E-state index contributed by atoms with van der Waals surface area (Å²) >= 11 is 6.16. The van der Waals surface area contributed by atoms with Gasteiger partial charge in [0.1, 0.15) is 0 Å². The summed E-state index contributed by atoms with van der Waals surface area (Å²) in [5, 5.41) is 10.1. The number of carboxylic acid groups (broad SMARTS) is 1. The van der Waals surface area contributed by atoms with E-state index in [2.05, 4.69) is 4.90 Å². The van der Waals surface area contributed by atoms with E-state index in [1.54, 1.807) is 16.4 Å². The average Bonchev–Trinajstić information content (AvgIpc) is 3.14. The Morgan fingerprint density at radius 1 is 1.10 bits per heavy atom. The summed E-state index contributed by atoms with van der Waals surface area (Å²) in [5.41, 5.74) is 3.50. The van der Waals surface area contributed by atoms with Crippen LogP contribution in [0.3, 0.4) is 0 Å². The number of hydrogen-bond acceptors (Lipinski definition) is 4. The molecule has 1 heterocycles. The minimum atomic E-state index is -3.76. The van der Waals surface area contributed by atoms with Gasteiger partial charge in [-0.05, 0) is 74.6 Å². The van der Waals surface area contributed by atoms with Gasteiger partial charge in [0.05, 0.1) is 10.8 Å². The van der Waals surface area contributed by atoms with E-state index in [4.69, 9.17) is 11.6 Å². The van der Waals surface area contributed by atoms with E-state index in [1.165, 1.54) is 0 Å². The van der Waals surface area contributed by atoms with Crippen molar-refractivity contribution in [1.82, 2.24) is 4.31 Å². The maximum atomic E-state index is 13.7. The van der Waals surface area contributed by atoms with Gasteiger partial charge in [-0.1, -0.05) is 23.7 Å². The third kappa shape index (κ3) is 3.95. The fraction of sp³-hybridized carbons (Fsp3) is 0.435. The van der Waals surface area contributed by atoms with Crippen molar-refractivity contribution in [3.8, 4) is 0 Å². The zero-order chi connectivity index (χ0) is 22.5. The molecule has 1 unspecified atom stereocenters. The van der Waals surface area contributed by atoms with Crippen molar-refractivity contribution in [2.45, 2.75) is 50.6 Å². The van der Waals surface area contributed by atoms with Gasteiger partial charge in [-0.15, -0.1) is 0 Å². The molecule has 8 heteroatoms. The summed E-state index contributed by atoms with van der Waals surface area (Å²) in [6.45, 7) is 6.94. The van der Waals surface area contributed by atoms with Gasteiger partial charge < -0.3 is 10.0 Å². The molecule has 1 aliphatic heterocycles. The first kappa shape index (κ1) is 22.1. The molecule has 6 nitrogen and oxygen atoms in total. The highest BCUT2D eigenvalue weighted by Gasteiger charge is 2.41. The molecule has 2 aromatic rings. The summed E-state index contributed by atoms with van der Waals surface area (Å²) in [5.74, 6) is -1.45. The van der Waals surface area contributed by atoms with Crippen LogP contribution < -0.4 is 4.90 Å². The number of halogens is 1. The lowest BCUT2D eigenvalue weighted by Gasteiger charge is -2.44. The predicted octanol–water partition coefficient (Wildman–Crippen LogP) is 3.74. The lowest BCUT2D eigenvalue weighted by Crippen LogP contribution is -2.58. The number of piperazine rings is 1. The first-order chi connectivity index (χ1) is 14.6. The molecule has 2 aromatic carbocycles. The molecule has 0 amide bonds. The van der Waals surface area contributed by atoms with E-state index >= 15 is 0 Å². The van der Waals surface area contributed by atoms with E-state index in [0.717, 1.165) is 16.8 Å². The van der Waals surface area contributed by atoms with E-state index in [-0.39, 0.29) is 23.4 Å². The highest BCUT2D eigenvalue weighted by molar-refractivity contribution is 7.89. The number of rotatable bonds is 4. The van der Waals surface area contributed by atoms with E-state index in [9.17, 15) is 18.3 Å². The quantitative estimate of drug-likeness (QED) is 0.748. The third-order valence-electron chi connectivity index (χ3n) is 6.40. The molecule has 0 saturated carbocycles. The molecule has 166 valence electrons. The van der Waals surface area contributed by atoms with Crippen molar-refractivity contribution < 1.29 is 18.3 Å². The summed E-state index contributed by atoms with van der Waals surface area (Å²) < 4.78 is 29.1. The fourth-order valence-electron chi connectivity index (χ4n) is 4.97. The van der Waals surface area contributed by atoms with Crippen LogP contribution in [-0.2, 0) is 27.7 Å². The number of sulfonamides is 1. The number of benzene rings is 2. The van der Waals surface area contributed by atoms with Gasteiger partial charge in [0, 0.05) is 35.9 Å². The van der Waals surface area contributed by atoms with Gasteiger partial charge in [0.15, 0.2) is 0 Å². The number of hydrogen-bond donors (Lipinski definition) is 1. The first-order valence-corrected chi connectivity index (χ1v) is 12.3. The Balaban J connectivity index is 1.63. The van der Waals surface area contributed by atoms with Crippen molar-refractivity contribution in [1.29, 1.82) is 0 Å². The topological polar surface area (TPSA) is 77.9 Å². The van der Waals surface area contributed by atoms with Crippen molar-refractivity contribution >= 4 is 33.3 Å². The highest BCUT2D eigenvalue weighted by Crippen LogP contribution is 2.36. The second kappa shape index (κ2) is 8.11. The molecule has 0 radical (unpaired) electrons. The molecular weight excluding hydrogens is 436 g/mol. The Labute approximate surface area is 188 Å². The second-order valence-electron chi connectivity index (χ2n) is 8.71. The van der Waals surface area contributed by atoms with Crippen LogP contribution in [0.15, 0.2) is 41.3 Å². The summed E-state index contributed by atoms with van der Waals surface area (Å²) in [6.07, 6.45) is 0.635. The molecule has 2 aliphatic rings. The Kier molecular flexibility index (Phi) is 5.79. The first-order valence-electron chi connectivity index (χ1n) is 10.5. The van der Waals surface area contributed by atoms with Gasteiger partial charge >= 0.3 is 5.97 Å². The molecular formula is C23H27ClN2O4S. The smallest absolute Gasteiger partial charge is 0.307 e. The number of carboxylic acids is 1. The summed E-state index contributed by atoms with van der Waals surface area (Å²) in [4.78, 5) is 13.9. The van der Waals surface area contributed by atoms with Gasteiger partial charge in [0.25, 0.3) is 0 Å². The zero-order valence-electron chi connectivity index (χ0n) is 17.9. The van der Waals surface area contributed by atoms with E-state index in [1.807, 2.05) is 45.0 Å². The number of aryl methyl sites for hydroxylation is 1. The van der Waals surface area contributed by atoms with Crippen LogP contribution >= 0.6 is 11.6 Å². The van der Waals surface area contributed by atoms with Crippen LogP contribution in [0.4, 0.5) is 5.69 Å². The maximum Gasteiger partial charge on any atom is 0.307 e. The molecule has 1 aliphatic carbocycles. The number of carbonyl (C=O) groups is 1. The van der Waals surface area contributed by atoms with Crippen LogP contribution in [0.5, 0.6) is 0 Å². The molecule has 1 N–H and O–H groups in total. The van der Waals surface area contributed by atoms with Crippen LogP contribution in [-0.4, -0.2) is 49.0 Å². The summed E-state index contributed by atoms with van der Waals surface area (Å²) in [7, 11) is -3.76. The number of nitrogens with zero attached hydrogens (tertiary/aromatic N) is 2. The Hall–Kier alpha value is -2.09. The lowest BCUT2D eigenvalue weighted by atomic mass is 10.1. The molecule has 0 spiro atoms. The Bertz CT molecular complexity index is 1120. The average molecular weight is 463 g/mol. The maximum absolute atomic E-state index is 13.7. The van der Waals surface area contributed by atoms with Crippen molar-refractivity contribution in [3.63, 3.8) is 0 Å². The standard InChI is InChI=1S/C23H27ClN2O4S/c1-14-9-19(7-8-21(14)24)25-12-15(2)26(16(3)13-25)31(29,30)22-6-4-5-17-10-18(23(27)28)11-20(17)22/h4-9,15-16,18H,10-13H2,1-3H3,(H,27,28)/t15-,16+,18?.